The molecular formula is C15H22N2O2. The number of hydrogen-bond donors (Lipinski definition) is 1. The minimum Gasteiger partial charge on any atom is -0.474 e. The average Bonchev–Trinajstić information content (AvgIpc) is 2.78. The van der Waals surface area contributed by atoms with Crippen molar-refractivity contribution in [2.24, 2.45) is 0 Å². The first kappa shape index (κ1) is 12.9. The maximum atomic E-state index is 5.82. The molecule has 1 aromatic rings. The Balaban J connectivity index is 1.53. The molecule has 1 aliphatic heterocycles. The molecule has 2 aliphatic rings. The molecule has 1 saturated carbocycles. The molecule has 1 aromatic heterocycles. The van der Waals surface area contributed by atoms with Gasteiger partial charge in [-0.25, -0.2) is 4.98 Å². The second-order valence-corrected chi connectivity index (χ2v) is 5.53. The lowest BCUT2D eigenvalue weighted by atomic mass is 9.96. The van der Waals surface area contributed by atoms with Crippen molar-refractivity contribution in [1.29, 1.82) is 0 Å². The quantitative estimate of drug-likeness (QED) is 0.884. The molecular weight excluding hydrogens is 240 g/mol. The Hall–Kier alpha value is -1.13. The molecule has 0 bridgehead atoms. The van der Waals surface area contributed by atoms with Crippen molar-refractivity contribution in [2.45, 2.75) is 57.4 Å². The summed E-state index contributed by atoms with van der Waals surface area (Å²) in [6.45, 7) is 3.84. The van der Waals surface area contributed by atoms with Gasteiger partial charge in [0.15, 0.2) is 0 Å². The molecule has 0 radical (unpaired) electrons. The smallest absolute Gasteiger partial charge is 0.213 e. The summed E-state index contributed by atoms with van der Waals surface area (Å²) in [4.78, 5) is 4.28. The summed E-state index contributed by atoms with van der Waals surface area (Å²) in [5.41, 5.74) is 1.23. The van der Waals surface area contributed by atoms with Crippen LogP contribution in [-0.2, 0) is 11.3 Å². The van der Waals surface area contributed by atoms with Gasteiger partial charge in [-0.3, -0.25) is 0 Å². The summed E-state index contributed by atoms with van der Waals surface area (Å²) in [5.74, 6) is 0.764. The van der Waals surface area contributed by atoms with E-state index in [1.54, 1.807) is 0 Å². The van der Waals surface area contributed by atoms with Gasteiger partial charge in [-0.2, -0.15) is 0 Å². The Morgan fingerprint density at radius 1 is 1.42 bits per heavy atom. The van der Waals surface area contributed by atoms with E-state index in [-0.39, 0.29) is 0 Å². The van der Waals surface area contributed by atoms with E-state index in [0.29, 0.717) is 18.2 Å². The van der Waals surface area contributed by atoms with Crippen LogP contribution in [0.15, 0.2) is 18.3 Å². The SMILES string of the molecule is CC1OCCC1NCc1ccnc(OC2CCC2)c1. The van der Waals surface area contributed by atoms with Crippen molar-refractivity contribution >= 4 is 0 Å². The molecule has 4 nitrogen and oxygen atoms in total. The molecule has 2 fully saturated rings. The van der Waals surface area contributed by atoms with Crippen LogP contribution in [0.3, 0.4) is 0 Å². The summed E-state index contributed by atoms with van der Waals surface area (Å²) in [5, 5.41) is 3.55. The van der Waals surface area contributed by atoms with Crippen molar-refractivity contribution in [3.8, 4) is 5.88 Å². The zero-order valence-electron chi connectivity index (χ0n) is 11.5. The standard InChI is InChI=1S/C15H22N2O2/c1-11-14(6-8-18-11)17-10-12-5-7-16-15(9-12)19-13-3-2-4-13/h5,7,9,11,13-14,17H,2-4,6,8,10H2,1H3. The molecule has 19 heavy (non-hydrogen) atoms. The molecule has 0 aromatic carbocycles. The number of hydrogen-bond acceptors (Lipinski definition) is 4. The van der Waals surface area contributed by atoms with Gasteiger partial charge in [0.05, 0.1) is 6.10 Å². The number of nitrogens with one attached hydrogen (secondary N) is 1. The lowest BCUT2D eigenvalue weighted by Crippen LogP contribution is -2.34. The van der Waals surface area contributed by atoms with Crippen LogP contribution in [-0.4, -0.2) is 29.8 Å². The van der Waals surface area contributed by atoms with Gasteiger partial charge in [-0.15, -0.1) is 0 Å². The molecule has 2 heterocycles. The summed E-state index contributed by atoms with van der Waals surface area (Å²) in [7, 11) is 0. The highest BCUT2D eigenvalue weighted by Crippen LogP contribution is 2.24. The molecule has 104 valence electrons. The topological polar surface area (TPSA) is 43.4 Å². The third-order valence-corrected chi connectivity index (χ3v) is 4.08. The molecule has 1 saturated heterocycles. The number of rotatable bonds is 5. The first-order valence-corrected chi connectivity index (χ1v) is 7.28. The zero-order valence-corrected chi connectivity index (χ0v) is 11.5. The Morgan fingerprint density at radius 3 is 3.00 bits per heavy atom. The van der Waals surface area contributed by atoms with Crippen LogP contribution in [0, 0.1) is 0 Å². The van der Waals surface area contributed by atoms with E-state index in [4.69, 9.17) is 9.47 Å². The van der Waals surface area contributed by atoms with Gasteiger partial charge in [0.25, 0.3) is 0 Å². The van der Waals surface area contributed by atoms with Crippen LogP contribution in [0.2, 0.25) is 0 Å². The van der Waals surface area contributed by atoms with Gasteiger partial charge < -0.3 is 14.8 Å². The average molecular weight is 262 g/mol. The van der Waals surface area contributed by atoms with Crippen LogP contribution >= 0.6 is 0 Å². The number of ether oxygens (including phenoxy) is 2. The van der Waals surface area contributed by atoms with E-state index in [1.165, 1.54) is 24.8 Å². The van der Waals surface area contributed by atoms with Gasteiger partial charge in [0.1, 0.15) is 6.10 Å². The van der Waals surface area contributed by atoms with Crippen molar-refractivity contribution in [2.75, 3.05) is 6.61 Å². The highest BCUT2D eigenvalue weighted by atomic mass is 16.5. The van der Waals surface area contributed by atoms with Gasteiger partial charge in [-0.1, -0.05) is 0 Å². The first-order chi connectivity index (χ1) is 9.31. The molecule has 4 heteroatoms. The molecule has 0 amide bonds. The fraction of sp³-hybridized carbons (Fsp3) is 0.667. The lowest BCUT2D eigenvalue weighted by Gasteiger charge is -2.25. The Labute approximate surface area is 114 Å². The van der Waals surface area contributed by atoms with Crippen LogP contribution in [0.5, 0.6) is 5.88 Å². The van der Waals surface area contributed by atoms with Gasteiger partial charge >= 0.3 is 0 Å². The van der Waals surface area contributed by atoms with Crippen LogP contribution < -0.4 is 10.1 Å². The molecule has 1 aliphatic carbocycles. The highest BCUT2D eigenvalue weighted by Gasteiger charge is 2.23. The normalized spacial score (nSPS) is 27.2. The number of aromatic nitrogens is 1. The number of nitrogens with zero attached hydrogens (tertiary/aromatic N) is 1. The maximum Gasteiger partial charge on any atom is 0.213 e. The summed E-state index contributed by atoms with van der Waals surface area (Å²) in [6, 6.07) is 4.55. The Bertz CT molecular complexity index is 420. The van der Waals surface area contributed by atoms with Crippen molar-refractivity contribution < 1.29 is 9.47 Å². The second kappa shape index (κ2) is 5.88. The fourth-order valence-electron chi connectivity index (χ4n) is 2.53. The van der Waals surface area contributed by atoms with E-state index in [1.807, 2.05) is 18.3 Å². The Kier molecular flexibility index (Phi) is 3.99. The maximum absolute atomic E-state index is 5.82. The monoisotopic (exact) mass is 262 g/mol. The van der Waals surface area contributed by atoms with E-state index < -0.39 is 0 Å². The second-order valence-electron chi connectivity index (χ2n) is 5.53. The lowest BCUT2D eigenvalue weighted by molar-refractivity contribution is 0.112. The van der Waals surface area contributed by atoms with Gasteiger partial charge in [-0.05, 0) is 44.2 Å². The molecule has 2 unspecified atom stereocenters. The largest absolute Gasteiger partial charge is 0.474 e. The van der Waals surface area contributed by atoms with Crippen LogP contribution in [0.4, 0.5) is 0 Å². The summed E-state index contributed by atoms with van der Waals surface area (Å²) in [6.07, 6.45) is 7.25. The minimum atomic E-state index is 0.313. The molecule has 2 atom stereocenters. The molecule has 3 rings (SSSR count). The van der Waals surface area contributed by atoms with Gasteiger partial charge in [0, 0.05) is 31.5 Å². The predicted octanol–water partition coefficient (Wildman–Crippen LogP) is 2.28. The first-order valence-electron chi connectivity index (χ1n) is 7.28. The predicted molar refractivity (Wildman–Crippen MR) is 73.2 cm³/mol. The van der Waals surface area contributed by atoms with E-state index in [2.05, 4.69) is 17.2 Å². The fourth-order valence-corrected chi connectivity index (χ4v) is 2.53. The van der Waals surface area contributed by atoms with E-state index >= 15 is 0 Å². The van der Waals surface area contributed by atoms with Crippen LogP contribution in [0.1, 0.15) is 38.2 Å². The summed E-state index contributed by atoms with van der Waals surface area (Å²) >= 11 is 0. The zero-order chi connectivity index (χ0) is 13.1. The number of pyridine rings is 1. The van der Waals surface area contributed by atoms with Crippen molar-refractivity contribution in [1.82, 2.24) is 10.3 Å². The van der Waals surface area contributed by atoms with Crippen molar-refractivity contribution in [3.05, 3.63) is 23.9 Å². The Morgan fingerprint density at radius 2 is 2.32 bits per heavy atom. The van der Waals surface area contributed by atoms with E-state index in [9.17, 15) is 0 Å². The molecule has 1 N–H and O–H groups in total. The van der Waals surface area contributed by atoms with Crippen molar-refractivity contribution in [3.63, 3.8) is 0 Å². The third-order valence-electron chi connectivity index (χ3n) is 4.08. The minimum absolute atomic E-state index is 0.313. The molecule has 0 spiro atoms. The summed E-state index contributed by atoms with van der Waals surface area (Å²) < 4.78 is 11.4. The highest BCUT2D eigenvalue weighted by molar-refractivity contribution is 5.20. The van der Waals surface area contributed by atoms with Crippen LogP contribution in [0.25, 0.3) is 0 Å². The van der Waals surface area contributed by atoms with E-state index in [0.717, 1.165) is 25.5 Å². The third kappa shape index (κ3) is 3.25. The van der Waals surface area contributed by atoms with Gasteiger partial charge in [0.2, 0.25) is 5.88 Å².